The molecule has 0 aliphatic rings. The highest BCUT2D eigenvalue weighted by Gasteiger charge is 2.05. The van der Waals surface area contributed by atoms with Crippen molar-refractivity contribution >= 4 is 21.8 Å². The van der Waals surface area contributed by atoms with Crippen LogP contribution in [0.3, 0.4) is 0 Å². The lowest BCUT2D eigenvalue weighted by atomic mass is 10.2. The summed E-state index contributed by atoms with van der Waals surface area (Å²) in [6.07, 6.45) is 0. The van der Waals surface area contributed by atoms with Crippen LogP contribution in [0.25, 0.3) is 0 Å². The molecule has 0 aromatic heterocycles. The summed E-state index contributed by atoms with van der Waals surface area (Å²) in [7, 11) is 0. The van der Waals surface area contributed by atoms with Gasteiger partial charge in [0.1, 0.15) is 11.6 Å². The molecule has 0 saturated heterocycles. The van der Waals surface area contributed by atoms with E-state index in [4.69, 9.17) is 5.73 Å². The second kappa shape index (κ2) is 4.20. The number of primary amides is 1. The van der Waals surface area contributed by atoms with Gasteiger partial charge >= 0.3 is 0 Å². The van der Waals surface area contributed by atoms with Crippen molar-refractivity contribution in [1.29, 1.82) is 0 Å². The first-order valence-electron chi connectivity index (χ1n) is 3.46. The summed E-state index contributed by atoms with van der Waals surface area (Å²) in [5.41, 5.74) is 4.52. The normalized spacial score (nSPS) is 9.07. The number of nitrogens with two attached hydrogens (primary N) is 1. The second-order valence-electron chi connectivity index (χ2n) is 2.36. The van der Waals surface area contributed by atoms with Crippen LogP contribution in [-0.4, -0.2) is 5.91 Å². The maximum absolute atomic E-state index is 13.0. The number of hydrogen-bond acceptors (Lipinski definition) is 1. The van der Waals surface area contributed by atoms with Crippen LogP contribution in [0.4, 0.5) is 8.78 Å². The van der Waals surface area contributed by atoms with E-state index in [9.17, 15) is 13.6 Å². The summed E-state index contributed by atoms with van der Waals surface area (Å²) in [6, 6.07) is 1.82. The first kappa shape index (κ1) is 10.7. The molecule has 5 heteroatoms. The van der Waals surface area contributed by atoms with Crippen LogP contribution < -0.4 is 5.73 Å². The molecule has 0 saturated carbocycles. The minimum atomic E-state index is -0.896. The standard InChI is InChI=1S/C9H4BrF2NO/c10-6-4-7(11)5(3-8(6)12)1-2-9(13)14/h3-4H,(H2,13,14). The molecular weight excluding hydrogens is 256 g/mol. The monoisotopic (exact) mass is 259 g/mol. The van der Waals surface area contributed by atoms with Gasteiger partial charge in [0.25, 0.3) is 5.91 Å². The Morgan fingerprint density at radius 2 is 2.00 bits per heavy atom. The lowest BCUT2D eigenvalue weighted by molar-refractivity contribution is -0.112. The number of carbonyl (C=O) groups excluding carboxylic acids is 1. The Balaban J connectivity index is 3.18. The lowest BCUT2D eigenvalue weighted by Crippen LogP contribution is -2.06. The average Bonchev–Trinajstić information content (AvgIpc) is 2.09. The van der Waals surface area contributed by atoms with Gasteiger partial charge in [0.05, 0.1) is 10.0 Å². The molecule has 1 amide bonds. The van der Waals surface area contributed by atoms with Crippen molar-refractivity contribution in [3.8, 4) is 11.8 Å². The third kappa shape index (κ3) is 2.54. The molecule has 1 aromatic rings. The van der Waals surface area contributed by atoms with Crippen molar-refractivity contribution in [3.05, 3.63) is 33.8 Å². The Kier molecular flexibility index (Phi) is 3.20. The first-order chi connectivity index (χ1) is 6.50. The topological polar surface area (TPSA) is 43.1 Å². The molecule has 0 radical (unpaired) electrons. The van der Waals surface area contributed by atoms with Gasteiger partial charge in [-0.05, 0) is 28.1 Å². The Hall–Kier alpha value is -1.41. The van der Waals surface area contributed by atoms with Gasteiger partial charge in [-0.2, -0.15) is 0 Å². The summed E-state index contributed by atoms with van der Waals surface area (Å²) in [6.45, 7) is 0. The molecule has 0 spiro atoms. The summed E-state index contributed by atoms with van der Waals surface area (Å²) in [5.74, 6) is 1.77. The maximum Gasteiger partial charge on any atom is 0.293 e. The number of halogens is 3. The van der Waals surface area contributed by atoms with Gasteiger partial charge in [0.15, 0.2) is 0 Å². The molecule has 0 aliphatic heterocycles. The van der Waals surface area contributed by atoms with Crippen molar-refractivity contribution in [2.45, 2.75) is 0 Å². The van der Waals surface area contributed by atoms with E-state index in [0.29, 0.717) is 0 Å². The van der Waals surface area contributed by atoms with Crippen molar-refractivity contribution in [2.24, 2.45) is 5.73 Å². The number of amides is 1. The van der Waals surface area contributed by atoms with Gasteiger partial charge in [0, 0.05) is 5.92 Å². The van der Waals surface area contributed by atoms with Crippen LogP contribution in [0.2, 0.25) is 0 Å². The van der Waals surface area contributed by atoms with Crippen molar-refractivity contribution in [1.82, 2.24) is 0 Å². The minimum absolute atomic E-state index is 0.000347. The fourth-order valence-electron chi connectivity index (χ4n) is 0.747. The molecule has 72 valence electrons. The number of carbonyl (C=O) groups is 1. The molecule has 0 atom stereocenters. The highest BCUT2D eigenvalue weighted by molar-refractivity contribution is 9.10. The van der Waals surface area contributed by atoms with Crippen LogP contribution >= 0.6 is 15.9 Å². The summed E-state index contributed by atoms with van der Waals surface area (Å²) in [4.78, 5) is 10.3. The molecular formula is C9H4BrF2NO. The van der Waals surface area contributed by atoms with E-state index in [2.05, 4.69) is 21.9 Å². The van der Waals surface area contributed by atoms with E-state index >= 15 is 0 Å². The third-order valence-corrected chi connectivity index (χ3v) is 1.94. The third-order valence-electron chi connectivity index (χ3n) is 1.33. The Morgan fingerprint density at radius 1 is 1.36 bits per heavy atom. The largest absolute Gasteiger partial charge is 0.359 e. The Morgan fingerprint density at radius 3 is 2.57 bits per heavy atom. The van der Waals surface area contributed by atoms with Gasteiger partial charge < -0.3 is 5.73 Å². The average molecular weight is 260 g/mol. The zero-order valence-electron chi connectivity index (χ0n) is 6.77. The molecule has 2 N–H and O–H groups in total. The Bertz CT molecular complexity index is 448. The first-order valence-corrected chi connectivity index (χ1v) is 4.26. The van der Waals surface area contributed by atoms with Crippen LogP contribution in [0.5, 0.6) is 0 Å². The molecule has 0 unspecified atom stereocenters. The van der Waals surface area contributed by atoms with E-state index in [-0.39, 0.29) is 10.0 Å². The highest BCUT2D eigenvalue weighted by Crippen LogP contribution is 2.19. The lowest BCUT2D eigenvalue weighted by Gasteiger charge is -1.96. The predicted octanol–water partition coefficient (Wildman–Crippen LogP) is 1.56. The molecule has 0 heterocycles. The van der Waals surface area contributed by atoms with Crippen molar-refractivity contribution < 1.29 is 13.6 Å². The fraction of sp³-hybridized carbons (Fsp3) is 0. The Labute approximate surface area is 87.2 Å². The van der Waals surface area contributed by atoms with Crippen molar-refractivity contribution in [3.63, 3.8) is 0 Å². The highest BCUT2D eigenvalue weighted by atomic mass is 79.9. The molecule has 14 heavy (non-hydrogen) atoms. The van der Waals surface area contributed by atoms with Gasteiger partial charge in [0.2, 0.25) is 0 Å². The van der Waals surface area contributed by atoms with E-state index in [1.165, 1.54) is 0 Å². The molecule has 0 bridgehead atoms. The zero-order valence-corrected chi connectivity index (χ0v) is 8.36. The van der Waals surface area contributed by atoms with Crippen molar-refractivity contribution in [2.75, 3.05) is 0 Å². The van der Waals surface area contributed by atoms with Crippen LogP contribution in [0.1, 0.15) is 5.56 Å². The second-order valence-corrected chi connectivity index (χ2v) is 3.21. The number of hydrogen-bond donors (Lipinski definition) is 1. The van der Waals surface area contributed by atoms with Crippen LogP contribution in [-0.2, 0) is 4.79 Å². The molecule has 0 aliphatic carbocycles. The van der Waals surface area contributed by atoms with Crippen LogP contribution in [0.15, 0.2) is 16.6 Å². The van der Waals surface area contributed by atoms with Crippen LogP contribution in [0, 0.1) is 23.5 Å². The van der Waals surface area contributed by atoms with Gasteiger partial charge in [-0.3, -0.25) is 4.79 Å². The van der Waals surface area contributed by atoms with E-state index in [0.717, 1.165) is 12.1 Å². The van der Waals surface area contributed by atoms with E-state index in [1.807, 2.05) is 5.92 Å². The van der Waals surface area contributed by atoms with Gasteiger partial charge in [-0.1, -0.05) is 5.92 Å². The summed E-state index contributed by atoms with van der Waals surface area (Å²) in [5, 5.41) is 0. The number of rotatable bonds is 0. The fourth-order valence-corrected chi connectivity index (χ4v) is 1.06. The molecule has 1 aromatic carbocycles. The predicted molar refractivity (Wildman–Crippen MR) is 50.1 cm³/mol. The SMILES string of the molecule is NC(=O)C#Cc1cc(F)c(Br)cc1F. The smallest absolute Gasteiger partial charge is 0.293 e. The molecule has 2 nitrogen and oxygen atoms in total. The minimum Gasteiger partial charge on any atom is -0.359 e. The van der Waals surface area contributed by atoms with E-state index < -0.39 is 17.5 Å². The van der Waals surface area contributed by atoms with Gasteiger partial charge in [-0.25, -0.2) is 8.78 Å². The maximum atomic E-state index is 13.0. The molecule has 0 fully saturated rings. The molecule has 1 rings (SSSR count). The summed E-state index contributed by atoms with van der Waals surface area (Å²) >= 11 is 2.81. The van der Waals surface area contributed by atoms with E-state index in [1.54, 1.807) is 0 Å². The zero-order chi connectivity index (χ0) is 10.7. The number of benzene rings is 1. The summed E-state index contributed by atoms with van der Waals surface area (Å²) < 4.78 is 25.9. The van der Waals surface area contributed by atoms with Gasteiger partial charge in [-0.15, -0.1) is 0 Å². The quantitative estimate of drug-likeness (QED) is 0.558.